The van der Waals surface area contributed by atoms with Gasteiger partial charge in [-0.1, -0.05) is 29.8 Å². The summed E-state index contributed by atoms with van der Waals surface area (Å²) in [4.78, 5) is 28.0. The molecule has 1 heterocycles. The zero-order valence-corrected chi connectivity index (χ0v) is 16.3. The maximum atomic E-state index is 12.5. The maximum Gasteiger partial charge on any atom is 0.277 e. The highest BCUT2D eigenvalue weighted by atomic mass is 35.5. The van der Waals surface area contributed by atoms with Crippen LogP contribution in [0.1, 0.15) is 34.7 Å². The topological polar surface area (TPSA) is 80.1 Å². The van der Waals surface area contributed by atoms with Crippen molar-refractivity contribution in [3.05, 3.63) is 71.0 Å². The molecule has 1 N–H and O–H groups in total. The Morgan fingerprint density at radius 2 is 1.82 bits per heavy atom. The van der Waals surface area contributed by atoms with Gasteiger partial charge in [-0.3, -0.25) is 9.59 Å². The molecule has 0 aliphatic carbocycles. The number of benzene rings is 2. The highest BCUT2D eigenvalue weighted by molar-refractivity contribution is 6.34. The molecule has 0 bridgehead atoms. The zero-order chi connectivity index (χ0) is 20.1. The number of amides is 2. The summed E-state index contributed by atoms with van der Waals surface area (Å²) in [6, 6.07) is 14.1. The largest absolute Gasteiger partial charge is 0.339 e. The molecule has 0 saturated carbocycles. The Bertz CT molecular complexity index is 983. The van der Waals surface area contributed by atoms with Gasteiger partial charge in [0.15, 0.2) is 5.69 Å². The van der Waals surface area contributed by atoms with Crippen molar-refractivity contribution in [2.75, 3.05) is 18.4 Å². The fourth-order valence-electron chi connectivity index (χ4n) is 2.70. The molecule has 8 heteroatoms. The lowest BCUT2D eigenvalue weighted by Crippen LogP contribution is -2.30. The molecule has 0 saturated heterocycles. The van der Waals surface area contributed by atoms with E-state index in [1.54, 1.807) is 23.1 Å². The molecule has 144 valence electrons. The number of aromatic nitrogens is 3. The van der Waals surface area contributed by atoms with Crippen LogP contribution in [0.15, 0.2) is 54.7 Å². The van der Waals surface area contributed by atoms with Gasteiger partial charge in [0.1, 0.15) is 0 Å². The molecule has 0 radical (unpaired) electrons. The molecule has 0 spiro atoms. The molecule has 0 fully saturated rings. The van der Waals surface area contributed by atoms with Crippen LogP contribution in [0, 0.1) is 0 Å². The van der Waals surface area contributed by atoms with Crippen LogP contribution in [-0.2, 0) is 0 Å². The molecule has 0 unspecified atom stereocenters. The number of hydrogen-bond acceptors (Lipinski definition) is 4. The van der Waals surface area contributed by atoms with E-state index in [9.17, 15) is 9.59 Å². The van der Waals surface area contributed by atoms with E-state index in [2.05, 4.69) is 15.5 Å². The van der Waals surface area contributed by atoms with Crippen molar-refractivity contribution in [2.24, 2.45) is 0 Å². The molecule has 0 atom stereocenters. The van der Waals surface area contributed by atoms with Crippen molar-refractivity contribution in [2.45, 2.75) is 13.8 Å². The van der Waals surface area contributed by atoms with E-state index in [1.807, 2.05) is 44.2 Å². The van der Waals surface area contributed by atoms with E-state index in [4.69, 9.17) is 11.6 Å². The van der Waals surface area contributed by atoms with Crippen LogP contribution in [0.2, 0.25) is 5.02 Å². The molecule has 2 amide bonds. The van der Waals surface area contributed by atoms with Gasteiger partial charge in [0.05, 0.1) is 22.5 Å². The van der Waals surface area contributed by atoms with Crippen molar-refractivity contribution in [3.63, 3.8) is 0 Å². The third-order valence-electron chi connectivity index (χ3n) is 4.22. The number of hydrogen-bond donors (Lipinski definition) is 1. The molecule has 28 heavy (non-hydrogen) atoms. The van der Waals surface area contributed by atoms with E-state index in [1.165, 1.54) is 11.0 Å². The average molecular weight is 398 g/mol. The second-order valence-corrected chi connectivity index (χ2v) is 6.39. The Morgan fingerprint density at radius 3 is 2.46 bits per heavy atom. The summed E-state index contributed by atoms with van der Waals surface area (Å²) < 4.78 is 0. The number of anilines is 1. The van der Waals surface area contributed by atoms with E-state index in [0.717, 1.165) is 5.69 Å². The Kier molecular flexibility index (Phi) is 6.06. The first-order chi connectivity index (χ1) is 13.5. The lowest BCUT2D eigenvalue weighted by molar-refractivity contribution is 0.0773. The number of para-hydroxylation sites is 1. The highest BCUT2D eigenvalue weighted by Gasteiger charge is 2.17. The molecule has 0 aliphatic rings. The van der Waals surface area contributed by atoms with Gasteiger partial charge in [0.25, 0.3) is 11.8 Å². The van der Waals surface area contributed by atoms with Crippen LogP contribution in [-0.4, -0.2) is 44.8 Å². The Morgan fingerprint density at radius 1 is 1.11 bits per heavy atom. The normalized spacial score (nSPS) is 10.5. The van der Waals surface area contributed by atoms with Crippen LogP contribution in [0.3, 0.4) is 0 Å². The van der Waals surface area contributed by atoms with Crippen LogP contribution < -0.4 is 5.32 Å². The number of rotatable bonds is 6. The first-order valence-corrected chi connectivity index (χ1v) is 9.29. The van der Waals surface area contributed by atoms with Gasteiger partial charge in [-0.25, -0.2) is 0 Å². The predicted octanol–water partition coefficient (Wildman–Crippen LogP) is 3.66. The smallest absolute Gasteiger partial charge is 0.277 e. The van der Waals surface area contributed by atoms with E-state index in [-0.39, 0.29) is 16.6 Å². The average Bonchev–Trinajstić information content (AvgIpc) is 3.20. The van der Waals surface area contributed by atoms with Gasteiger partial charge >= 0.3 is 0 Å². The van der Waals surface area contributed by atoms with Crippen LogP contribution in [0.4, 0.5) is 5.69 Å². The number of nitrogens with zero attached hydrogens (tertiary/aromatic N) is 4. The third kappa shape index (κ3) is 4.20. The van der Waals surface area contributed by atoms with Gasteiger partial charge in [0.2, 0.25) is 0 Å². The Balaban J connectivity index is 1.74. The van der Waals surface area contributed by atoms with Crippen molar-refractivity contribution < 1.29 is 9.59 Å². The van der Waals surface area contributed by atoms with Crippen molar-refractivity contribution in [1.29, 1.82) is 0 Å². The summed E-state index contributed by atoms with van der Waals surface area (Å²) in [5, 5.41) is 11.3. The fraction of sp³-hybridized carbons (Fsp3) is 0.200. The zero-order valence-electron chi connectivity index (χ0n) is 15.6. The van der Waals surface area contributed by atoms with Crippen LogP contribution in [0.25, 0.3) is 5.69 Å². The lowest BCUT2D eigenvalue weighted by atomic mass is 10.1. The third-order valence-corrected chi connectivity index (χ3v) is 4.53. The molecular formula is C20H20ClN5O2. The Hall–Kier alpha value is -3.19. The minimum absolute atomic E-state index is 0.140. The van der Waals surface area contributed by atoms with Crippen molar-refractivity contribution in [3.8, 4) is 5.69 Å². The summed E-state index contributed by atoms with van der Waals surface area (Å²) in [6.07, 6.45) is 1.39. The standard InChI is InChI=1S/C20H20ClN5O2/c1-3-25(4-2)20(28)16-11-10-14(12-17(16)21)23-19(27)18-13-22-26(24-18)15-8-6-5-7-9-15/h5-13H,3-4H2,1-2H3,(H,23,27). The van der Waals surface area contributed by atoms with Crippen molar-refractivity contribution >= 4 is 29.1 Å². The summed E-state index contributed by atoms with van der Waals surface area (Å²) in [6.45, 7) is 5.02. The summed E-state index contributed by atoms with van der Waals surface area (Å²) in [5.41, 5.74) is 1.80. The molecule has 2 aromatic carbocycles. The fourth-order valence-corrected chi connectivity index (χ4v) is 2.96. The second-order valence-electron chi connectivity index (χ2n) is 5.98. The van der Waals surface area contributed by atoms with E-state index < -0.39 is 5.91 Å². The number of carbonyl (C=O) groups excluding carboxylic acids is 2. The summed E-state index contributed by atoms with van der Waals surface area (Å²) in [5.74, 6) is -0.556. The second kappa shape index (κ2) is 8.67. The lowest BCUT2D eigenvalue weighted by Gasteiger charge is -2.19. The minimum Gasteiger partial charge on any atom is -0.339 e. The Labute approximate surface area is 167 Å². The first-order valence-electron chi connectivity index (χ1n) is 8.91. The maximum absolute atomic E-state index is 12.5. The predicted molar refractivity (Wildman–Crippen MR) is 108 cm³/mol. The van der Waals surface area contributed by atoms with Crippen LogP contribution in [0.5, 0.6) is 0 Å². The molecule has 0 aliphatic heterocycles. The number of nitrogens with one attached hydrogen (secondary N) is 1. The number of carbonyl (C=O) groups is 2. The van der Waals surface area contributed by atoms with Crippen LogP contribution >= 0.6 is 11.6 Å². The van der Waals surface area contributed by atoms with Crippen molar-refractivity contribution in [1.82, 2.24) is 19.9 Å². The molecular weight excluding hydrogens is 378 g/mol. The van der Waals surface area contributed by atoms with E-state index in [0.29, 0.717) is 24.3 Å². The highest BCUT2D eigenvalue weighted by Crippen LogP contribution is 2.23. The van der Waals surface area contributed by atoms with Gasteiger partial charge < -0.3 is 10.2 Å². The van der Waals surface area contributed by atoms with Gasteiger partial charge in [0, 0.05) is 18.8 Å². The quantitative estimate of drug-likeness (QED) is 0.688. The summed E-state index contributed by atoms with van der Waals surface area (Å²) >= 11 is 6.27. The SMILES string of the molecule is CCN(CC)C(=O)c1ccc(NC(=O)c2cnn(-c3ccccc3)n2)cc1Cl. The molecule has 7 nitrogen and oxygen atoms in total. The number of halogens is 1. The molecule has 1 aromatic heterocycles. The first kappa shape index (κ1) is 19.6. The van der Waals surface area contributed by atoms with Gasteiger partial charge in [-0.05, 0) is 44.2 Å². The minimum atomic E-state index is -0.416. The van der Waals surface area contributed by atoms with Gasteiger partial charge in [-0.15, -0.1) is 5.10 Å². The summed E-state index contributed by atoms with van der Waals surface area (Å²) in [7, 11) is 0. The molecule has 3 aromatic rings. The van der Waals surface area contributed by atoms with Gasteiger partial charge in [-0.2, -0.15) is 9.90 Å². The molecule has 3 rings (SSSR count). The van der Waals surface area contributed by atoms with E-state index >= 15 is 0 Å². The monoisotopic (exact) mass is 397 g/mol.